The van der Waals surface area contributed by atoms with Crippen LogP contribution in [0.1, 0.15) is 30.3 Å². The van der Waals surface area contributed by atoms with Crippen LogP contribution in [-0.2, 0) is 19.1 Å². The zero-order valence-electron chi connectivity index (χ0n) is 17.2. The van der Waals surface area contributed by atoms with Gasteiger partial charge in [-0.25, -0.2) is 9.80 Å². The minimum Gasteiger partial charge on any atom is -0.443 e. The number of amides is 2. The van der Waals surface area contributed by atoms with Crippen LogP contribution in [0.2, 0.25) is 0 Å². The van der Waals surface area contributed by atoms with E-state index in [1.165, 1.54) is 5.01 Å². The first kappa shape index (κ1) is 21.0. The van der Waals surface area contributed by atoms with Crippen LogP contribution < -0.4 is 10.3 Å². The van der Waals surface area contributed by atoms with Gasteiger partial charge in [0.05, 0.1) is 5.69 Å². The van der Waals surface area contributed by atoms with Crippen molar-refractivity contribution in [1.29, 1.82) is 0 Å². The maximum absolute atomic E-state index is 12.9. The topological polar surface area (TPSA) is 114 Å². The Kier molecular flexibility index (Phi) is 6.07. The van der Waals surface area contributed by atoms with E-state index < -0.39 is 18.0 Å². The molecule has 1 atom stereocenters. The summed E-state index contributed by atoms with van der Waals surface area (Å²) in [6.07, 6.45) is -1.03. The summed E-state index contributed by atoms with van der Waals surface area (Å²) in [7, 11) is 0. The molecular formula is C23H20N4O5. The number of para-hydroxylation sites is 1. The smallest absolute Gasteiger partial charge is 0.355 e. The highest BCUT2D eigenvalue weighted by atomic mass is 16.5. The van der Waals surface area contributed by atoms with Crippen molar-refractivity contribution in [1.82, 2.24) is 5.16 Å². The number of hydrogen-bond acceptors (Lipinski definition) is 7. The number of anilines is 2. The van der Waals surface area contributed by atoms with E-state index in [0.29, 0.717) is 17.0 Å². The minimum atomic E-state index is -1.24. The van der Waals surface area contributed by atoms with Crippen molar-refractivity contribution in [3.8, 4) is 0 Å². The second-order valence-corrected chi connectivity index (χ2v) is 7.10. The number of nitrogens with zero attached hydrogens (tertiary/aromatic N) is 3. The van der Waals surface area contributed by atoms with Gasteiger partial charge in [0.2, 0.25) is 12.0 Å². The molecule has 0 fully saturated rings. The van der Waals surface area contributed by atoms with E-state index in [-0.39, 0.29) is 30.3 Å². The fourth-order valence-electron chi connectivity index (χ4n) is 3.16. The molecule has 0 saturated carbocycles. The summed E-state index contributed by atoms with van der Waals surface area (Å²) < 4.78 is 10.5. The Hall–Kier alpha value is -4.27. The molecule has 162 valence electrons. The van der Waals surface area contributed by atoms with Crippen molar-refractivity contribution in [3.63, 3.8) is 0 Å². The zero-order chi connectivity index (χ0) is 22.5. The molecule has 1 aliphatic heterocycles. The van der Waals surface area contributed by atoms with Crippen molar-refractivity contribution in [2.24, 2.45) is 5.10 Å². The minimum absolute atomic E-state index is 0.0551. The zero-order valence-corrected chi connectivity index (χ0v) is 17.2. The van der Waals surface area contributed by atoms with Gasteiger partial charge in [-0.1, -0.05) is 53.7 Å². The Morgan fingerprint density at radius 1 is 1.06 bits per heavy atom. The van der Waals surface area contributed by atoms with E-state index in [1.54, 1.807) is 67.6 Å². The van der Waals surface area contributed by atoms with Crippen molar-refractivity contribution >= 4 is 35.0 Å². The molecule has 0 bridgehead atoms. The first-order chi connectivity index (χ1) is 15.5. The molecule has 32 heavy (non-hydrogen) atoms. The van der Waals surface area contributed by atoms with Crippen molar-refractivity contribution in [3.05, 3.63) is 78.1 Å². The third-order valence-electron chi connectivity index (χ3n) is 4.71. The van der Waals surface area contributed by atoms with Crippen LogP contribution >= 0.6 is 0 Å². The van der Waals surface area contributed by atoms with Gasteiger partial charge in [0.1, 0.15) is 11.5 Å². The molecule has 0 radical (unpaired) electrons. The molecule has 2 aromatic carbocycles. The van der Waals surface area contributed by atoms with Gasteiger partial charge >= 0.3 is 5.97 Å². The van der Waals surface area contributed by atoms with Gasteiger partial charge in [-0.05, 0) is 19.1 Å². The van der Waals surface area contributed by atoms with Gasteiger partial charge in [0, 0.05) is 24.5 Å². The molecule has 0 unspecified atom stereocenters. The quantitative estimate of drug-likeness (QED) is 0.597. The molecule has 0 aliphatic carbocycles. The molecule has 9 heteroatoms. The number of rotatable bonds is 6. The second kappa shape index (κ2) is 9.25. The van der Waals surface area contributed by atoms with Crippen LogP contribution in [0.15, 0.2) is 76.4 Å². The molecule has 2 amide bonds. The molecule has 2 heterocycles. The second-order valence-electron chi connectivity index (χ2n) is 7.10. The Morgan fingerprint density at radius 2 is 1.75 bits per heavy atom. The molecule has 1 N–H and O–H groups in total. The van der Waals surface area contributed by atoms with E-state index >= 15 is 0 Å². The molecule has 1 aliphatic rings. The van der Waals surface area contributed by atoms with Gasteiger partial charge in [0.15, 0.2) is 5.82 Å². The standard InChI is InChI=1S/C23H20N4O5/c1-15-14-19(26-32-15)24-22(29)21(16-8-4-2-5-9-16)31-23(30)18-12-13-20(28)27(25-18)17-10-6-3-7-11-17/h2-11,14,21H,12-13H2,1H3,(H,24,26,29)/t21-/m1/s1. The molecule has 1 aromatic heterocycles. The van der Waals surface area contributed by atoms with E-state index in [1.807, 2.05) is 6.07 Å². The Balaban J connectivity index is 1.57. The normalized spacial score (nSPS) is 14.5. The van der Waals surface area contributed by atoms with Crippen LogP contribution in [0.5, 0.6) is 0 Å². The number of benzene rings is 2. The number of carbonyl (C=O) groups is 3. The monoisotopic (exact) mass is 432 g/mol. The lowest BCUT2D eigenvalue weighted by molar-refractivity contribution is -0.148. The summed E-state index contributed by atoms with van der Waals surface area (Å²) in [5.41, 5.74) is 1.08. The van der Waals surface area contributed by atoms with Crippen molar-refractivity contribution in [2.45, 2.75) is 25.9 Å². The average Bonchev–Trinajstić information content (AvgIpc) is 3.23. The third-order valence-corrected chi connectivity index (χ3v) is 4.71. The Morgan fingerprint density at radius 3 is 2.41 bits per heavy atom. The van der Waals surface area contributed by atoms with Gasteiger partial charge in [-0.2, -0.15) is 5.10 Å². The summed E-state index contributed by atoms with van der Waals surface area (Å²) >= 11 is 0. The fraction of sp³-hybridized carbons (Fsp3) is 0.174. The summed E-state index contributed by atoms with van der Waals surface area (Å²) in [6.45, 7) is 1.69. The van der Waals surface area contributed by atoms with E-state index in [9.17, 15) is 14.4 Å². The number of ether oxygens (including phenoxy) is 1. The van der Waals surface area contributed by atoms with Crippen LogP contribution in [-0.4, -0.2) is 28.7 Å². The van der Waals surface area contributed by atoms with Crippen LogP contribution in [0, 0.1) is 6.92 Å². The van der Waals surface area contributed by atoms with E-state index in [4.69, 9.17) is 9.26 Å². The first-order valence-electron chi connectivity index (χ1n) is 9.97. The Labute approximate surface area is 183 Å². The molecule has 4 rings (SSSR count). The molecule has 0 saturated heterocycles. The Bertz CT molecular complexity index is 1160. The number of carbonyl (C=O) groups excluding carboxylic acids is 3. The molecule has 0 spiro atoms. The maximum Gasteiger partial charge on any atom is 0.355 e. The lowest BCUT2D eigenvalue weighted by Crippen LogP contribution is -2.36. The van der Waals surface area contributed by atoms with E-state index in [2.05, 4.69) is 15.6 Å². The van der Waals surface area contributed by atoms with Gasteiger partial charge in [-0.3, -0.25) is 9.59 Å². The summed E-state index contributed by atoms with van der Waals surface area (Å²) in [5.74, 6) is -0.869. The van der Waals surface area contributed by atoms with Crippen LogP contribution in [0.3, 0.4) is 0 Å². The predicted molar refractivity (Wildman–Crippen MR) is 116 cm³/mol. The first-order valence-corrected chi connectivity index (χ1v) is 9.97. The number of aryl methyl sites for hydroxylation is 1. The van der Waals surface area contributed by atoms with E-state index in [0.717, 1.165) is 0 Å². The number of hydrazone groups is 1. The fourth-order valence-corrected chi connectivity index (χ4v) is 3.16. The lowest BCUT2D eigenvalue weighted by atomic mass is 10.1. The van der Waals surface area contributed by atoms with Gasteiger partial charge < -0.3 is 14.6 Å². The average molecular weight is 432 g/mol. The molecule has 3 aromatic rings. The SMILES string of the molecule is Cc1cc(NC(=O)[C@H](OC(=O)C2=NN(c3ccccc3)C(=O)CC2)c2ccccc2)no1. The van der Waals surface area contributed by atoms with Gasteiger partial charge in [-0.15, -0.1) is 0 Å². The number of hydrogen-bond donors (Lipinski definition) is 1. The largest absolute Gasteiger partial charge is 0.443 e. The van der Waals surface area contributed by atoms with Crippen molar-refractivity contribution < 1.29 is 23.6 Å². The highest BCUT2D eigenvalue weighted by molar-refractivity contribution is 6.38. The summed E-state index contributed by atoms with van der Waals surface area (Å²) in [4.78, 5) is 38.1. The van der Waals surface area contributed by atoms with Crippen molar-refractivity contribution in [2.75, 3.05) is 10.3 Å². The van der Waals surface area contributed by atoms with Crippen LogP contribution in [0.25, 0.3) is 0 Å². The number of aromatic nitrogens is 1. The maximum atomic E-state index is 12.9. The summed E-state index contributed by atoms with van der Waals surface area (Å²) in [6, 6.07) is 18.9. The molecular weight excluding hydrogens is 412 g/mol. The highest BCUT2D eigenvalue weighted by Gasteiger charge is 2.31. The van der Waals surface area contributed by atoms with Gasteiger partial charge in [0.25, 0.3) is 5.91 Å². The number of esters is 1. The lowest BCUT2D eigenvalue weighted by Gasteiger charge is -2.24. The predicted octanol–water partition coefficient (Wildman–Crippen LogP) is 3.39. The number of nitrogens with one attached hydrogen (secondary N) is 1. The summed E-state index contributed by atoms with van der Waals surface area (Å²) in [5, 5.41) is 11.7. The highest BCUT2D eigenvalue weighted by Crippen LogP contribution is 2.23. The van der Waals surface area contributed by atoms with Crippen LogP contribution in [0.4, 0.5) is 11.5 Å². The third kappa shape index (κ3) is 4.72. The molecule has 9 nitrogen and oxygen atoms in total.